The molecule has 2 heteroatoms. The van der Waals surface area contributed by atoms with Crippen molar-refractivity contribution in [3.63, 3.8) is 0 Å². The molecular formula is C64H46N2. The van der Waals surface area contributed by atoms with Crippen LogP contribution in [-0.2, 0) is 10.8 Å². The normalized spacial score (nSPS) is 14.4. The molecule has 0 atom stereocenters. The molecular weight excluding hydrogens is 797 g/mol. The van der Waals surface area contributed by atoms with Gasteiger partial charge in [0.2, 0.25) is 0 Å². The number of fused-ring (bicyclic) bond motifs is 11. The fourth-order valence-electron chi connectivity index (χ4n) is 11.7. The van der Waals surface area contributed by atoms with Gasteiger partial charge in [-0.05, 0) is 132 Å². The van der Waals surface area contributed by atoms with Gasteiger partial charge in [-0.1, -0.05) is 202 Å². The quantitative estimate of drug-likeness (QED) is 0.170. The Morgan fingerprint density at radius 1 is 0.273 bits per heavy atom. The van der Waals surface area contributed by atoms with E-state index in [2.05, 4.69) is 266 Å². The van der Waals surface area contributed by atoms with Crippen molar-refractivity contribution in [3.05, 3.63) is 276 Å². The van der Waals surface area contributed by atoms with E-state index >= 15 is 0 Å². The fraction of sp³-hybridized carbons (Fsp3) is 0.0625. The molecule has 2 aliphatic heterocycles. The van der Waals surface area contributed by atoms with Gasteiger partial charge in [-0.25, -0.2) is 0 Å². The number of hydrogen-bond acceptors (Lipinski definition) is 2. The lowest BCUT2D eigenvalue weighted by molar-refractivity contribution is 0.660. The molecule has 0 unspecified atom stereocenters. The van der Waals surface area contributed by atoms with Gasteiger partial charge in [-0.15, -0.1) is 0 Å². The predicted molar refractivity (Wildman–Crippen MR) is 275 cm³/mol. The monoisotopic (exact) mass is 842 g/mol. The largest absolute Gasteiger partial charge is 0.310 e. The van der Waals surface area contributed by atoms with Crippen LogP contribution in [0.15, 0.2) is 243 Å². The van der Waals surface area contributed by atoms with E-state index in [4.69, 9.17) is 0 Å². The second kappa shape index (κ2) is 14.7. The Morgan fingerprint density at radius 3 is 1.23 bits per heavy atom. The molecule has 0 saturated carbocycles. The van der Waals surface area contributed by atoms with Gasteiger partial charge in [0.1, 0.15) is 0 Å². The molecule has 10 aromatic carbocycles. The molecule has 0 N–H and O–H groups in total. The van der Waals surface area contributed by atoms with Crippen LogP contribution >= 0.6 is 0 Å². The Balaban J connectivity index is 1.02. The summed E-state index contributed by atoms with van der Waals surface area (Å²) in [4.78, 5) is 4.97. The maximum Gasteiger partial charge on any atom is 0.0783 e. The van der Waals surface area contributed by atoms with Gasteiger partial charge in [0.15, 0.2) is 0 Å². The van der Waals surface area contributed by atoms with Crippen molar-refractivity contribution in [2.24, 2.45) is 0 Å². The first kappa shape index (κ1) is 38.3. The molecule has 0 aromatic heterocycles. The third-order valence-corrected chi connectivity index (χ3v) is 14.7. The third kappa shape index (κ3) is 5.48. The minimum atomic E-state index is -0.647. The first-order chi connectivity index (χ1) is 32.5. The lowest BCUT2D eigenvalue weighted by Crippen LogP contribution is -2.42. The lowest BCUT2D eigenvalue weighted by Gasteiger charge is -2.51. The van der Waals surface area contributed by atoms with E-state index in [0.29, 0.717) is 0 Å². The van der Waals surface area contributed by atoms with E-state index in [1.54, 1.807) is 0 Å². The SMILES string of the molecule is CC1(C)c2ccccc2-c2c(-c3ccc(N4c5ccccc5C5(c6ccccc6N(c6ccc(-c7ccccc7)cc6)c6ccccc65)c5cc(-c6ccccc6)ccc54)cc3)cccc21. The molecule has 0 fully saturated rings. The van der Waals surface area contributed by atoms with Crippen LogP contribution in [0, 0.1) is 0 Å². The van der Waals surface area contributed by atoms with Gasteiger partial charge < -0.3 is 9.80 Å². The maximum atomic E-state index is 2.50. The lowest BCUT2D eigenvalue weighted by atomic mass is 9.60. The summed E-state index contributed by atoms with van der Waals surface area (Å²) in [6.07, 6.45) is 0. The second-order valence-electron chi connectivity index (χ2n) is 18.4. The molecule has 1 aliphatic carbocycles. The van der Waals surface area contributed by atoms with Crippen LogP contribution in [0.4, 0.5) is 34.1 Å². The Morgan fingerprint density at radius 2 is 0.667 bits per heavy atom. The number of benzene rings is 10. The van der Waals surface area contributed by atoms with E-state index in [1.807, 2.05) is 0 Å². The number of rotatable bonds is 5. The van der Waals surface area contributed by atoms with Crippen LogP contribution in [0.2, 0.25) is 0 Å². The third-order valence-electron chi connectivity index (χ3n) is 14.7. The summed E-state index contributed by atoms with van der Waals surface area (Å²) in [5.41, 5.74) is 24.0. The Kier molecular flexibility index (Phi) is 8.51. The topological polar surface area (TPSA) is 6.48 Å². The molecule has 2 heterocycles. The summed E-state index contributed by atoms with van der Waals surface area (Å²) >= 11 is 0. The molecule has 66 heavy (non-hydrogen) atoms. The molecule has 3 aliphatic rings. The van der Waals surface area contributed by atoms with Crippen LogP contribution in [0.5, 0.6) is 0 Å². The highest BCUT2D eigenvalue weighted by Gasteiger charge is 2.52. The van der Waals surface area contributed by atoms with Gasteiger partial charge in [0.05, 0.1) is 28.2 Å². The smallest absolute Gasteiger partial charge is 0.0783 e. The molecule has 0 saturated heterocycles. The summed E-state index contributed by atoms with van der Waals surface area (Å²) in [7, 11) is 0. The zero-order chi connectivity index (χ0) is 44.0. The highest BCUT2D eigenvalue weighted by atomic mass is 15.2. The predicted octanol–water partition coefficient (Wildman–Crippen LogP) is 16.9. The zero-order valence-electron chi connectivity index (χ0n) is 37.0. The van der Waals surface area contributed by atoms with Crippen molar-refractivity contribution in [1.82, 2.24) is 0 Å². The molecule has 2 nitrogen and oxygen atoms in total. The second-order valence-corrected chi connectivity index (χ2v) is 18.4. The summed E-state index contributed by atoms with van der Waals surface area (Å²) in [5, 5.41) is 0. The van der Waals surface area contributed by atoms with E-state index in [-0.39, 0.29) is 5.41 Å². The summed E-state index contributed by atoms with van der Waals surface area (Å²) in [5.74, 6) is 0. The van der Waals surface area contributed by atoms with Crippen molar-refractivity contribution in [2.45, 2.75) is 24.7 Å². The van der Waals surface area contributed by atoms with E-state index in [1.165, 1.54) is 101 Å². The van der Waals surface area contributed by atoms with Crippen LogP contribution in [0.25, 0.3) is 44.5 Å². The summed E-state index contributed by atoms with van der Waals surface area (Å²) in [6, 6.07) is 90.1. The van der Waals surface area contributed by atoms with Crippen LogP contribution in [-0.4, -0.2) is 0 Å². The number of nitrogens with zero attached hydrogens (tertiary/aromatic N) is 2. The number of anilines is 6. The molecule has 1 spiro atoms. The fourth-order valence-corrected chi connectivity index (χ4v) is 11.7. The number of para-hydroxylation sites is 3. The van der Waals surface area contributed by atoms with Gasteiger partial charge in [0, 0.05) is 16.8 Å². The molecule has 10 aromatic rings. The van der Waals surface area contributed by atoms with Gasteiger partial charge in [-0.3, -0.25) is 0 Å². The van der Waals surface area contributed by atoms with E-state index < -0.39 is 5.41 Å². The summed E-state index contributed by atoms with van der Waals surface area (Å²) < 4.78 is 0. The first-order valence-electron chi connectivity index (χ1n) is 23.1. The molecule has 0 radical (unpaired) electrons. The standard InChI is InChI=1S/C64H46N2/c1-63(2)52-24-10-9-22-51(52)62-50(23-17-28-56(62)63)46-34-39-49(40-35-46)66-60-31-16-13-27-55(60)64(57-42-47(36-41-61(57)66)44-20-7-4-8-21-44)53-25-11-14-29-58(53)65(59-30-15-12-26-54(59)64)48-37-32-45(33-38-48)43-18-5-3-6-19-43/h3-42H,1-2H3. The minimum Gasteiger partial charge on any atom is -0.310 e. The van der Waals surface area contributed by atoms with Crippen LogP contribution in [0.1, 0.15) is 47.2 Å². The number of hydrogen-bond donors (Lipinski definition) is 0. The van der Waals surface area contributed by atoms with Crippen molar-refractivity contribution in [3.8, 4) is 44.5 Å². The Hall–Kier alpha value is -8.20. The van der Waals surface area contributed by atoms with Crippen molar-refractivity contribution < 1.29 is 0 Å². The average Bonchev–Trinajstić information content (AvgIpc) is 3.62. The van der Waals surface area contributed by atoms with Crippen molar-refractivity contribution in [2.75, 3.05) is 9.80 Å². The van der Waals surface area contributed by atoms with E-state index in [0.717, 1.165) is 11.4 Å². The highest BCUT2D eigenvalue weighted by molar-refractivity contribution is 5.98. The van der Waals surface area contributed by atoms with Gasteiger partial charge in [-0.2, -0.15) is 0 Å². The minimum absolute atomic E-state index is 0.0575. The summed E-state index contributed by atoms with van der Waals surface area (Å²) in [6.45, 7) is 4.71. The Labute approximate surface area is 387 Å². The zero-order valence-corrected chi connectivity index (χ0v) is 37.0. The van der Waals surface area contributed by atoms with Crippen molar-refractivity contribution in [1.29, 1.82) is 0 Å². The molecule has 0 bridgehead atoms. The highest BCUT2D eigenvalue weighted by Crippen LogP contribution is 2.64. The van der Waals surface area contributed by atoms with Crippen LogP contribution < -0.4 is 9.80 Å². The van der Waals surface area contributed by atoms with E-state index in [9.17, 15) is 0 Å². The maximum absolute atomic E-state index is 2.50. The van der Waals surface area contributed by atoms with Gasteiger partial charge >= 0.3 is 0 Å². The van der Waals surface area contributed by atoms with Crippen molar-refractivity contribution >= 4 is 34.1 Å². The Bertz CT molecular complexity index is 3450. The molecule has 13 rings (SSSR count). The molecule has 312 valence electrons. The van der Waals surface area contributed by atoms with Crippen LogP contribution in [0.3, 0.4) is 0 Å². The van der Waals surface area contributed by atoms with Gasteiger partial charge in [0.25, 0.3) is 0 Å². The average molecular weight is 843 g/mol. The first-order valence-corrected chi connectivity index (χ1v) is 23.1. The molecule has 0 amide bonds.